The van der Waals surface area contributed by atoms with Crippen LogP contribution in [0.1, 0.15) is 48.4 Å². The zero-order chi connectivity index (χ0) is 20.4. The van der Waals surface area contributed by atoms with Crippen molar-refractivity contribution in [2.45, 2.75) is 45.7 Å². The minimum absolute atomic E-state index is 0.0668. The van der Waals surface area contributed by atoms with E-state index in [0.29, 0.717) is 43.6 Å². The van der Waals surface area contributed by atoms with Crippen LogP contribution in [-0.2, 0) is 22.5 Å². The van der Waals surface area contributed by atoms with Gasteiger partial charge in [0.2, 0.25) is 0 Å². The standard InChI is InChI=1S/C23H28N2O4/c1-3-28-23(27)18-8-6-11-24(14-18)22(26)19-10-12-29-21(19)15-25-16(2)13-17-7-4-5-9-20(17)25/h4-5,7,9-10,12,16,18H,3,6,8,11,13-15H2,1-2H3. The molecule has 0 N–H and O–H groups in total. The van der Waals surface area contributed by atoms with Crippen molar-refractivity contribution in [3.05, 3.63) is 53.5 Å². The van der Waals surface area contributed by atoms with E-state index in [-0.39, 0.29) is 17.8 Å². The fraction of sp³-hybridized carbons (Fsp3) is 0.478. The van der Waals surface area contributed by atoms with Crippen LogP contribution in [-0.4, -0.2) is 42.5 Å². The van der Waals surface area contributed by atoms with Gasteiger partial charge in [-0.3, -0.25) is 9.59 Å². The molecule has 2 aliphatic rings. The first-order valence-corrected chi connectivity index (χ1v) is 10.4. The second-order valence-electron chi connectivity index (χ2n) is 7.91. The molecule has 0 spiro atoms. The Morgan fingerprint density at radius 2 is 2.07 bits per heavy atom. The highest BCUT2D eigenvalue weighted by Crippen LogP contribution is 2.34. The van der Waals surface area contributed by atoms with Crippen LogP contribution in [0.15, 0.2) is 41.0 Å². The maximum Gasteiger partial charge on any atom is 0.310 e. The number of likely N-dealkylation sites (tertiary alicyclic amines) is 1. The van der Waals surface area contributed by atoms with Crippen molar-refractivity contribution in [1.82, 2.24) is 4.90 Å². The molecule has 2 aromatic rings. The van der Waals surface area contributed by atoms with Crippen molar-refractivity contribution in [1.29, 1.82) is 0 Å². The highest BCUT2D eigenvalue weighted by atomic mass is 16.5. The van der Waals surface area contributed by atoms with Crippen LogP contribution in [0.5, 0.6) is 0 Å². The molecule has 1 fully saturated rings. The quantitative estimate of drug-likeness (QED) is 0.722. The number of hydrogen-bond donors (Lipinski definition) is 0. The van der Waals surface area contributed by atoms with Gasteiger partial charge in [-0.1, -0.05) is 18.2 Å². The van der Waals surface area contributed by atoms with Crippen LogP contribution in [0.3, 0.4) is 0 Å². The van der Waals surface area contributed by atoms with Gasteiger partial charge in [0, 0.05) is 24.8 Å². The number of amides is 1. The smallest absolute Gasteiger partial charge is 0.310 e. The molecule has 4 rings (SSSR count). The highest BCUT2D eigenvalue weighted by molar-refractivity contribution is 5.95. The van der Waals surface area contributed by atoms with Gasteiger partial charge in [-0.05, 0) is 50.8 Å². The number of rotatable bonds is 5. The fourth-order valence-electron chi connectivity index (χ4n) is 4.46. The van der Waals surface area contributed by atoms with Gasteiger partial charge in [-0.15, -0.1) is 0 Å². The number of esters is 1. The van der Waals surface area contributed by atoms with E-state index in [1.165, 1.54) is 11.3 Å². The Balaban J connectivity index is 1.49. The number of carbonyl (C=O) groups excluding carboxylic acids is 2. The molecular formula is C23H28N2O4. The summed E-state index contributed by atoms with van der Waals surface area (Å²) in [6, 6.07) is 10.5. The zero-order valence-corrected chi connectivity index (χ0v) is 17.1. The van der Waals surface area contributed by atoms with E-state index in [4.69, 9.17) is 9.15 Å². The summed E-state index contributed by atoms with van der Waals surface area (Å²) >= 11 is 0. The van der Waals surface area contributed by atoms with Crippen molar-refractivity contribution >= 4 is 17.6 Å². The minimum Gasteiger partial charge on any atom is -0.467 e. The van der Waals surface area contributed by atoms with Crippen molar-refractivity contribution in [3.63, 3.8) is 0 Å². The molecule has 6 heteroatoms. The number of carbonyl (C=O) groups is 2. The van der Waals surface area contributed by atoms with E-state index in [0.717, 1.165) is 19.3 Å². The fourth-order valence-corrected chi connectivity index (χ4v) is 4.46. The Morgan fingerprint density at radius 3 is 2.90 bits per heavy atom. The molecule has 1 aromatic carbocycles. The SMILES string of the molecule is CCOC(=O)C1CCCN(C(=O)c2ccoc2CN2c3ccccc3CC2C)C1. The lowest BCUT2D eigenvalue weighted by atomic mass is 9.97. The van der Waals surface area contributed by atoms with Gasteiger partial charge in [-0.25, -0.2) is 0 Å². The summed E-state index contributed by atoms with van der Waals surface area (Å²) in [5.74, 6) is 0.160. The van der Waals surface area contributed by atoms with Crippen LogP contribution in [0, 0.1) is 5.92 Å². The van der Waals surface area contributed by atoms with E-state index in [9.17, 15) is 9.59 Å². The van der Waals surface area contributed by atoms with E-state index in [1.54, 1.807) is 24.2 Å². The van der Waals surface area contributed by atoms with Crippen molar-refractivity contribution in [2.75, 3.05) is 24.6 Å². The molecule has 2 atom stereocenters. The summed E-state index contributed by atoms with van der Waals surface area (Å²) in [5.41, 5.74) is 3.12. The van der Waals surface area contributed by atoms with Crippen LogP contribution in [0.4, 0.5) is 5.69 Å². The van der Waals surface area contributed by atoms with Crippen LogP contribution in [0.2, 0.25) is 0 Å². The number of anilines is 1. The highest BCUT2D eigenvalue weighted by Gasteiger charge is 2.32. The molecule has 154 valence electrons. The third-order valence-corrected chi connectivity index (χ3v) is 5.97. The third kappa shape index (κ3) is 3.88. The average Bonchev–Trinajstić information content (AvgIpc) is 3.32. The van der Waals surface area contributed by atoms with E-state index in [1.807, 2.05) is 6.07 Å². The van der Waals surface area contributed by atoms with E-state index in [2.05, 4.69) is 30.0 Å². The molecule has 3 heterocycles. The van der Waals surface area contributed by atoms with Crippen LogP contribution >= 0.6 is 0 Å². The molecule has 2 unspecified atom stereocenters. The van der Waals surface area contributed by atoms with Gasteiger partial charge < -0.3 is 19.0 Å². The van der Waals surface area contributed by atoms with Crippen LogP contribution in [0.25, 0.3) is 0 Å². The zero-order valence-electron chi connectivity index (χ0n) is 17.1. The Kier molecular flexibility index (Phi) is 5.60. The Morgan fingerprint density at radius 1 is 1.24 bits per heavy atom. The molecule has 0 saturated carbocycles. The third-order valence-electron chi connectivity index (χ3n) is 5.97. The van der Waals surface area contributed by atoms with E-state index < -0.39 is 0 Å². The Labute approximate surface area is 171 Å². The maximum atomic E-state index is 13.2. The summed E-state index contributed by atoms with van der Waals surface area (Å²) in [6.07, 6.45) is 4.15. The predicted molar refractivity (Wildman–Crippen MR) is 110 cm³/mol. The number of benzene rings is 1. The second kappa shape index (κ2) is 8.31. The van der Waals surface area contributed by atoms with Gasteiger partial charge in [-0.2, -0.15) is 0 Å². The lowest BCUT2D eigenvalue weighted by Crippen LogP contribution is -2.43. The van der Waals surface area contributed by atoms with Gasteiger partial charge in [0.25, 0.3) is 5.91 Å². The first kappa shape index (κ1) is 19.6. The number of piperidine rings is 1. The summed E-state index contributed by atoms with van der Waals surface area (Å²) in [6.45, 7) is 5.98. The molecule has 1 aromatic heterocycles. The number of hydrogen-bond acceptors (Lipinski definition) is 5. The summed E-state index contributed by atoms with van der Waals surface area (Å²) < 4.78 is 10.9. The Bertz CT molecular complexity index is 891. The molecule has 1 saturated heterocycles. The van der Waals surface area contributed by atoms with Gasteiger partial charge in [0.15, 0.2) is 0 Å². The molecule has 6 nitrogen and oxygen atoms in total. The normalized spacial score (nSPS) is 21.2. The summed E-state index contributed by atoms with van der Waals surface area (Å²) in [7, 11) is 0. The van der Waals surface area contributed by atoms with Gasteiger partial charge in [0.1, 0.15) is 5.76 Å². The van der Waals surface area contributed by atoms with Gasteiger partial charge >= 0.3 is 5.97 Å². The minimum atomic E-state index is -0.242. The van der Waals surface area contributed by atoms with Crippen molar-refractivity contribution < 1.29 is 18.7 Å². The summed E-state index contributed by atoms with van der Waals surface area (Å²) in [5, 5.41) is 0. The first-order valence-electron chi connectivity index (χ1n) is 10.4. The number of fused-ring (bicyclic) bond motifs is 1. The molecule has 0 radical (unpaired) electrons. The average molecular weight is 396 g/mol. The molecule has 1 amide bonds. The Hall–Kier alpha value is -2.76. The maximum absolute atomic E-state index is 13.2. The van der Waals surface area contributed by atoms with Crippen molar-refractivity contribution in [3.8, 4) is 0 Å². The molecule has 2 aliphatic heterocycles. The number of ether oxygens (including phenoxy) is 1. The molecule has 0 bridgehead atoms. The first-order chi connectivity index (χ1) is 14.1. The number of para-hydroxylation sites is 1. The predicted octanol–water partition coefficient (Wildman–Crippen LogP) is 3.65. The molecule has 29 heavy (non-hydrogen) atoms. The monoisotopic (exact) mass is 396 g/mol. The van der Waals surface area contributed by atoms with Gasteiger partial charge in [0.05, 0.1) is 30.9 Å². The lowest BCUT2D eigenvalue weighted by Gasteiger charge is -2.31. The lowest BCUT2D eigenvalue weighted by molar-refractivity contribution is -0.149. The topological polar surface area (TPSA) is 63.0 Å². The second-order valence-corrected chi connectivity index (χ2v) is 7.91. The van der Waals surface area contributed by atoms with Crippen LogP contribution < -0.4 is 4.90 Å². The van der Waals surface area contributed by atoms with E-state index >= 15 is 0 Å². The number of furan rings is 1. The molecular weight excluding hydrogens is 368 g/mol. The largest absolute Gasteiger partial charge is 0.467 e. The number of nitrogens with zero attached hydrogens (tertiary/aromatic N) is 2. The van der Waals surface area contributed by atoms with Crippen molar-refractivity contribution in [2.24, 2.45) is 5.92 Å². The molecule has 0 aliphatic carbocycles. The summed E-state index contributed by atoms with van der Waals surface area (Å²) in [4.78, 5) is 29.4.